The first-order valence-corrected chi connectivity index (χ1v) is 12.2. The zero-order valence-corrected chi connectivity index (χ0v) is 17.8. The van der Waals surface area contributed by atoms with E-state index in [1.165, 1.54) is 66.9 Å². The molecule has 25 heavy (non-hydrogen) atoms. The highest BCUT2D eigenvalue weighted by Gasteiger charge is 2.11. The standard InChI is InChI=1S/C24H32I/c1-2-3-4-5-6-7-8-11-18-23(22-16-12-9-13-17-22)21-25-24-19-14-10-15-20-24/h9-10,12-17,19-21H,2-8,11,18H2,1H3/q+1/b23-21-. The predicted octanol–water partition coefficient (Wildman–Crippen LogP) is 4.52. The Labute approximate surface area is 165 Å². The first-order valence-electron chi connectivity index (χ1n) is 9.83. The van der Waals surface area contributed by atoms with Gasteiger partial charge in [-0.2, -0.15) is 0 Å². The van der Waals surface area contributed by atoms with Crippen LogP contribution < -0.4 is 21.2 Å². The first kappa shape index (κ1) is 20.2. The Hall–Kier alpha value is -1.09. The molecule has 0 nitrogen and oxygen atoms in total. The fourth-order valence-electron chi connectivity index (χ4n) is 2.98. The van der Waals surface area contributed by atoms with Crippen molar-refractivity contribution in [3.63, 3.8) is 0 Å². The lowest BCUT2D eigenvalue weighted by Gasteiger charge is -2.05. The highest BCUT2D eigenvalue weighted by molar-refractivity contribution is 5.64. The zero-order chi connectivity index (χ0) is 17.6. The first-order chi connectivity index (χ1) is 12.4. The van der Waals surface area contributed by atoms with Crippen LogP contribution in [-0.2, 0) is 0 Å². The molecule has 0 aliphatic rings. The molecule has 0 atom stereocenters. The van der Waals surface area contributed by atoms with Crippen molar-refractivity contribution in [1.82, 2.24) is 0 Å². The average molecular weight is 447 g/mol. The van der Waals surface area contributed by atoms with E-state index < -0.39 is 0 Å². The van der Waals surface area contributed by atoms with Crippen LogP contribution in [0.3, 0.4) is 0 Å². The van der Waals surface area contributed by atoms with Crippen LogP contribution in [-0.4, -0.2) is 0 Å². The minimum Gasteiger partial charge on any atom is -0.0654 e. The van der Waals surface area contributed by atoms with E-state index in [0.717, 1.165) is 0 Å². The maximum absolute atomic E-state index is 2.55. The minimum absolute atomic E-state index is 0.0378. The maximum atomic E-state index is 2.55. The van der Waals surface area contributed by atoms with Gasteiger partial charge >= 0.3 is 21.2 Å². The number of benzene rings is 2. The molecule has 0 heterocycles. The van der Waals surface area contributed by atoms with Gasteiger partial charge in [0.2, 0.25) is 0 Å². The van der Waals surface area contributed by atoms with Crippen molar-refractivity contribution in [3.8, 4) is 0 Å². The molecule has 0 aliphatic carbocycles. The number of rotatable bonds is 12. The Morgan fingerprint density at radius 2 is 1.28 bits per heavy atom. The fraction of sp³-hybridized carbons (Fsp3) is 0.417. The molecule has 1 heteroatoms. The average Bonchev–Trinajstić information content (AvgIpc) is 2.68. The largest absolute Gasteiger partial charge is 0.349 e. The van der Waals surface area contributed by atoms with Gasteiger partial charge in [0.05, 0.1) is 0 Å². The third-order valence-corrected chi connectivity index (χ3v) is 6.99. The van der Waals surface area contributed by atoms with Crippen LogP contribution in [0.1, 0.15) is 70.3 Å². The summed E-state index contributed by atoms with van der Waals surface area (Å²) in [5.74, 6) is 0. The highest BCUT2D eigenvalue weighted by atomic mass is 127. The van der Waals surface area contributed by atoms with Gasteiger partial charge in [0.15, 0.2) is 7.65 Å². The molecule has 0 aliphatic heterocycles. The van der Waals surface area contributed by atoms with Crippen LogP contribution in [0, 0.1) is 3.57 Å². The molecular weight excluding hydrogens is 415 g/mol. The molecule has 2 rings (SSSR count). The number of hydrogen-bond acceptors (Lipinski definition) is 0. The summed E-state index contributed by atoms with van der Waals surface area (Å²) >= 11 is -0.0378. The van der Waals surface area contributed by atoms with Gasteiger partial charge in [-0.1, -0.05) is 100 Å². The monoisotopic (exact) mass is 447 g/mol. The molecular formula is C24H32I+. The molecule has 0 N–H and O–H groups in total. The second-order valence-corrected chi connectivity index (χ2v) is 9.12. The topological polar surface area (TPSA) is 0 Å². The van der Waals surface area contributed by atoms with Gasteiger partial charge in [-0.15, -0.1) is 0 Å². The lowest BCUT2D eigenvalue weighted by Crippen LogP contribution is -3.59. The molecule has 0 bridgehead atoms. The number of halogens is 1. The van der Waals surface area contributed by atoms with Crippen molar-refractivity contribution in [2.45, 2.75) is 64.7 Å². The number of hydrogen-bond donors (Lipinski definition) is 0. The lowest BCUT2D eigenvalue weighted by atomic mass is 10.0. The number of unbranched alkanes of at least 4 members (excludes halogenated alkanes) is 7. The van der Waals surface area contributed by atoms with Crippen molar-refractivity contribution >= 4 is 5.57 Å². The molecule has 0 saturated carbocycles. The third-order valence-electron chi connectivity index (χ3n) is 4.49. The van der Waals surface area contributed by atoms with Crippen LogP contribution in [0.15, 0.2) is 64.7 Å². The van der Waals surface area contributed by atoms with E-state index in [1.54, 1.807) is 5.57 Å². The van der Waals surface area contributed by atoms with Crippen molar-refractivity contribution in [1.29, 1.82) is 0 Å². The van der Waals surface area contributed by atoms with E-state index in [2.05, 4.69) is 71.7 Å². The summed E-state index contributed by atoms with van der Waals surface area (Å²) in [5, 5.41) is 0. The summed E-state index contributed by atoms with van der Waals surface area (Å²) in [4.78, 5) is 0. The molecule has 0 aromatic heterocycles. The van der Waals surface area contributed by atoms with E-state index in [4.69, 9.17) is 0 Å². The van der Waals surface area contributed by atoms with E-state index in [1.807, 2.05) is 0 Å². The summed E-state index contributed by atoms with van der Waals surface area (Å²) in [5.41, 5.74) is 2.98. The Morgan fingerprint density at radius 1 is 0.720 bits per heavy atom. The summed E-state index contributed by atoms with van der Waals surface area (Å²) < 4.78 is 4.05. The van der Waals surface area contributed by atoms with Gasteiger partial charge in [0.25, 0.3) is 0 Å². The van der Waals surface area contributed by atoms with Crippen molar-refractivity contribution < 1.29 is 21.2 Å². The van der Waals surface area contributed by atoms with Gasteiger partial charge in [-0.05, 0) is 30.5 Å². The summed E-state index contributed by atoms with van der Waals surface area (Å²) in [7, 11) is 0. The van der Waals surface area contributed by atoms with Crippen LogP contribution in [0.5, 0.6) is 0 Å². The van der Waals surface area contributed by atoms with Gasteiger partial charge < -0.3 is 0 Å². The Bertz CT molecular complexity index is 586. The maximum Gasteiger partial charge on any atom is 0.349 e. The van der Waals surface area contributed by atoms with Crippen LogP contribution in [0.2, 0.25) is 0 Å². The van der Waals surface area contributed by atoms with Gasteiger partial charge in [0, 0.05) is 5.57 Å². The molecule has 2 aromatic rings. The third kappa shape index (κ3) is 8.71. The molecule has 134 valence electrons. The molecule has 0 spiro atoms. The molecule has 0 fully saturated rings. The van der Waals surface area contributed by atoms with E-state index in [-0.39, 0.29) is 21.2 Å². The highest BCUT2D eigenvalue weighted by Crippen LogP contribution is 2.20. The Morgan fingerprint density at radius 3 is 1.92 bits per heavy atom. The minimum atomic E-state index is -0.0378. The summed E-state index contributed by atoms with van der Waals surface area (Å²) in [6, 6.07) is 21.9. The molecule has 0 amide bonds. The normalized spacial score (nSPS) is 11.6. The van der Waals surface area contributed by atoms with E-state index in [0.29, 0.717) is 0 Å². The quantitative estimate of drug-likeness (QED) is 0.332. The van der Waals surface area contributed by atoms with Crippen molar-refractivity contribution in [2.24, 2.45) is 0 Å². The van der Waals surface area contributed by atoms with Crippen molar-refractivity contribution in [3.05, 3.63) is 73.9 Å². The Balaban J connectivity index is 1.81. The predicted molar refractivity (Wildman–Crippen MR) is 107 cm³/mol. The van der Waals surface area contributed by atoms with Crippen LogP contribution in [0.4, 0.5) is 0 Å². The van der Waals surface area contributed by atoms with Crippen LogP contribution >= 0.6 is 0 Å². The van der Waals surface area contributed by atoms with Gasteiger partial charge in [0.1, 0.15) is 0 Å². The van der Waals surface area contributed by atoms with Gasteiger partial charge in [-0.3, -0.25) is 0 Å². The second-order valence-electron chi connectivity index (χ2n) is 6.63. The summed E-state index contributed by atoms with van der Waals surface area (Å²) in [6.45, 7) is 2.29. The lowest BCUT2D eigenvalue weighted by molar-refractivity contribution is -0.556. The van der Waals surface area contributed by atoms with Gasteiger partial charge in [-0.25, -0.2) is 0 Å². The zero-order valence-electron chi connectivity index (χ0n) is 15.6. The molecule has 0 radical (unpaired) electrons. The summed E-state index contributed by atoms with van der Waals surface area (Å²) in [6.07, 6.45) is 12.3. The molecule has 2 aromatic carbocycles. The molecule has 0 unspecified atom stereocenters. The van der Waals surface area contributed by atoms with E-state index in [9.17, 15) is 0 Å². The number of allylic oxidation sites excluding steroid dienone is 1. The smallest absolute Gasteiger partial charge is 0.0654 e. The molecule has 0 saturated heterocycles. The Kier molecular flexibility index (Phi) is 10.6. The fourth-order valence-corrected chi connectivity index (χ4v) is 5.22. The van der Waals surface area contributed by atoms with E-state index >= 15 is 0 Å². The second kappa shape index (κ2) is 13.2. The van der Waals surface area contributed by atoms with Crippen molar-refractivity contribution in [2.75, 3.05) is 0 Å². The van der Waals surface area contributed by atoms with Crippen LogP contribution in [0.25, 0.3) is 5.57 Å². The SMILES string of the molecule is CCCCCCCCCC/C(=C/[I+]c1ccccc1)c1ccccc1.